The van der Waals surface area contributed by atoms with E-state index in [1.807, 2.05) is 18.2 Å². The zero-order valence-electron chi connectivity index (χ0n) is 11.0. The summed E-state index contributed by atoms with van der Waals surface area (Å²) < 4.78 is 18.6. The maximum Gasteiger partial charge on any atom is 0.134 e. The Balaban J connectivity index is 2.26. The number of hydrogen-bond acceptors (Lipinski definition) is 1. The van der Waals surface area contributed by atoms with Gasteiger partial charge in [0.25, 0.3) is 0 Å². The minimum absolute atomic E-state index is 0.239. The zero-order chi connectivity index (χ0) is 13.8. The van der Waals surface area contributed by atoms with Crippen molar-refractivity contribution in [1.29, 1.82) is 0 Å². The Morgan fingerprint density at radius 2 is 1.89 bits per heavy atom. The molecule has 0 aliphatic heterocycles. The number of hydrogen-bond donors (Lipinski definition) is 0. The smallest absolute Gasteiger partial charge is 0.134 e. The molecule has 0 saturated carbocycles. The fourth-order valence-electron chi connectivity index (χ4n) is 1.74. The summed E-state index contributed by atoms with van der Waals surface area (Å²) in [4.78, 5) is 0. The second-order valence-electron chi connectivity index (χ2n) is 4.72. The standard InChI is InChI=1S/C16H16BrFO/c1-11(2)13(10-17)9-15-7-8-16(19-15)12-3-5-14(18)6-4-12/h3-9,11H,10H2,1-2H3. The highest BCUT2D eigenvalue weighted by atomic mass is 79.9. The van der Waals surface area contributed by atoms with Crippen molar-refractivity contribution in [3.05, 3.63) is 53.5 Å². The van der Waals surface area contributed by atoms with Crippen molar-refractivity contribution < 1.29 is 8.81 Å². The molecule has 1 aromatic heterocycles. The van der Waals surface area contributed by atoms with Crippen LogP contribution in [0.3, 0.4) is 0 Å². The van der Waals surface area contributed by atoms with Gasteiger partial charge < -0.3 is 4.42 Å². The van der Waals surface area contributed by atoms with E-state index in [1.165, 1.54) is 17.7 Å². The van der Waals surface area contributed by atoms with Crippen LogP contribution in [0.25, 0.3) is 17.4 Å². The molecule has 0 N–H and O–H groups in total. The quantitative estimate of drug-likeness (QED) is 0.675. The molecule has 0 amide bonds. The lowest BCUT2D eigenvalue weighted by atomic mass is 10.0. The molecule has 0 fully saturated rings. The van der Waals surface area contributed by atoms with E-state index in [9.17, 15) is 4.39 Å². The van der Waals surface area contributed by atoms with Crippen molar-refractivity contribution in [2.45, 2.75) is 13.8 Å². The molecule has 0 unspecified atom stereocenters. The van der Waals surface area contributed by atoms with Crippen LogP contribution in [0.5, 0.6) is 0 Å². The minimum Gasteiger partial charge on any atom is -0.457 e. The fourth-order valence-corrected chi connectivity index (χ4v) is 2.55. The lowest BCUT2D eigenvalue weighted by Crippen LogP contribution is -1.94. The Bertz CT molecular complexity index is 567. The lowest BCUT2D eigenvalue weighted by Gasteiger charge is -2.06. The SMILES string of the molecule is CC(C)C(=Cc1ccc(-c2ccc(F)cc2)o1)CBr. The van der Waals surface area contributed by atoms with Gasteiger partial charge in [-0.3, -0.25) is 0 Å². The molecule has 1 heterocycles. The summed E-state index contributed by atoms with van der Waals surface area (Å²) in [5, 5.41) is 0.831. The van der Waals surface area contributed by atoms with Crippen LogP contribution in [0, 0.1) is 11.7 Å². The molecule has 0 spiro atoms. The summed E-state index contributed by atoms with van der Waals surface area (Å²) in [5.41, 5.74) is 2.16. The molecule has 0 saturated heterocycles. The molecule has 3 heteroatoms. The van der Waals surface area contributed by atoms with E-state index in [2.05, 4.69) is 29.8 Å². The highest BCUT2D eigenvalue weighted by Crippen LogP contribution is 2.25. The molecule has 2 aromatic rings. The molecule has 0 aliphatic rings. The first kappa shape index (κ1) is 14.1. The Morgan fingerprint density at radius 3 is 2.47 bits per heavy atom. The molecule has 1 aromatic carbocycles. The number of benzene rings is 1. The number of allylic oxidation sites excluding steroid dienone is 1. The van der Waals surface area contributed by atoms with Gasteiger partial charge in [0.15, 0.2) is 0 Å². The van der Waals surface area contributed by atoms with Crippen molar-refractivity contribution in [3.8, 4) is 11.3 Å². The number of rotatable bonds is 4. The highest BCUT2D eigenvalue weighted by molar-refractivity contribution is 9.09. The fraction of sp³-hybridized carbons (Fsp3) is 0.250. The molecule has 2 rings (SSSR count). The van der Waals surface area contributed by atoms with E-state index in [0.29, 0.717) is 5.92 Å². The van der Waals surface area contributed by atoms with Gasteiger partial charge in [-0.05, 0) is 48.4 Å². The van der Waals surface area contributed by atoms with Crippen LogP contribution in [0.15, 0.2) is 46.4 Å². The van der Waals surface area contributed by atoms with Gasteiger partial charge in [0, 0.05) is 10.9 Å². The highest BCUT2D eigenvalue weighted by Gasteiger charge is 2.06. The van der Waals surface area contributed by atoms with Crippen LogP contribution in [-0.2, 0) is 0 Å². The van der Waals surface area contributed by atoms with Gasteiger partial charge in [-0.1, -0.05) is 35.4 Å². The van der Waals surface area contributed by atoms with Crippen LogP contribution in [-0.4, -0.2) is 5.33 Å². The molecule has 1 nitrogen and oxygen atoms in total. The summed E-state index contributed by atoms with van der Waals surface area (Å²) >= 11 is 3.48. The normalized spacial score (nSPS) is 12.2. The van der Waals surface area contributed by atoms with E-state index in [4.69, 9.17) is 4.42 Å². The van der Waals surface area contributed by atoms with Crippen LogP contribution in [0.4, 0.5) is 4.39 Å². The van der Waals surface area contributed by atoms with Crippen molar-refractivity contribution >= 4 is 22.0 Å². The number of alkyl halides is 1. The van der Waals surface area contributed by atoms with Gasteiger partial charge in [-0.25, -0.2) is 4.39 Å². The van der Waals surface area contributed by atoms with Gasteiger partial charge in [0.05, 0.1) is 0 Å². The van der Waals surface area contributed by atoms with E-state index < -0.39 is 0 Å². The molecule has 19 heavy (non-hydrogen) atoms. The topological polar surface area (TPSA) is 13.1 Å². The van der Waals surface area contributed by atoms with Crippen LogP contribution in [0.2, 0.25) is 0 Å². The van der Waals surface area contributed by atoms with Gasteiger partial charge in [0.2, 0.25) is 0 Å². The molecule has 0 bridgehead atoms. The second-order valence-corrected chi connectivity index (χ2v) is 5.28. The van der Waals surface area contributed by atoms with E-state index in [1.54, 1.807) is 12.1 Å². The second kappa shape index (κ2) is 6.20. The number of furan rings is 1. The monoisotopic (exact) mass is 322 g/mol. The van der Waals surface area contributed by atoms with Gasteiger partial charge in [0.1, 0.15) is 17.3 Å². The average molecular weight is 323 g/mol. The molecule has 0 aliphatic carbocycles. The zero-order valence-corrected chi connectivity index (χ0v) is 12.6. The third-order valence-corrected chi connectivity index (χ3v) is 3.63. The van der Waals surface area contributed by atoms with E-state index in [0.717, 1.165) is 22.4 Å². The largest absolute Gasteiger partial charge is 0.457 e. The van der Waals surface area contributed by atoms with Crippen molar-refractivity contribution in [2.24, 2.45) is 5.92 Å². The Labute approximate surface area is 121 Å². The van der Waals surface area contributed by atoms with Crippen LogP contribution >= 0.6 is 15.9 Å². The average Bonchev–Trinajstić information content (AvgIpc) is 2.85. The third kappa shape index (κ3) is 3.57. The molecular formula is C16H16BrFO. The predicted octanol–water partition coefficient (Wildman–Crippen LogP) is 5.52. The first-order valence-electron chi connectivity index (χ1n) is 6.22. The van der Waals surface area contributed by atoms with Crippen LogP contribution < -0.4 is 0 Å². The number of halogens is 2. The summed E-state index contributed by atoms with van der Waals surface area (Å²) in [7, 11) is 0. The molecular weight excluding hydrogens is 307 g/mol. The van der Waals surface area contributed by atoms with Crippen LogP contribution in [0.1, 0.15) is 19.6 Å². The van der Waals surface area contributed by atoms with E-state index in [-0.39, 0.29) is 5.82 Å². The van der Waals surface area contributed by atoms with Gasteiger partial charge >= 0.3 is 0 Å². The van der Waals surface area contributed by atoms with Crippen molar-refractivity contribution in [3.63, 3.8) is 0 Å². The van der Waals surface area contributed by atoms with Crippen molar-refractivity contribution in [2.75, 3.05) is 5.33 Å². The van der Waals surface area contributed by atoms with Gasteiger partial charge in [-0.2, -0.15) is 0 Å². The summed E-state index contributed by atoms with van der Waals surface area (Å²) in [6, 6.07) is 10.1. The first-order chi connectivity index (χ1) is 9.10. The Hall–Kier alpha value is -1.35. The lowest BCUT2D eigenvalue weighted by molar-refractivity contribution is 0.569. The summed E-state index contributed by atoms with van der Waals surface area (Å²) in [6.07, 6.45) is 2.05. The molecule has 100 valence electrons. The Morgan fingerprint density at radius 1 is 1.21 bits per heavy atom. The van der Waals surface area contributed by atoms with E-state index >= 15 is 0 Å². The summed E-state index contributed by atoms with van der Waals surface area (Å²) in [6.45, 7) is 4.30. The maximum absolute atomic E-state index is 12.9. The van der Waals surface area contributed by atoms with Crippen molar-refractivity contribution in [1.82, 2.24) is 0 Å². The third-order valence-electron chi connectivity index (χ3n) is 2.98. The summed E-state index contributed by atoms with van der Waals surface area (Å²) in [5.74, 6) is 1.81. The van der Waals surface area contributed by atoms with Gasteiger partial charge in [-0.15, -0.1) is 0 Å². The minimum atomic E-state index is -0.239. The molecule has 0 radical (unpaired) electrons. The Kier molecular flexibility index (Phi) is 4.59. The first-order valence-corrected chi connectivity index (χ1v) is 7.34. The molecule has 0 atom stereocenters. The predicted molar refractivity (Wildman–Crippen MR) is 80.7 cm³/mol. The maximum atomic E-state index is 12.9.